The van der Waals surface area contributed by atoms with Crippen molar-refractivity contribution in [1.29, 1.82) is 0 Å². The summed E-state index contributed by atoms with van der Waals surface area (Å²) < 4.78 is 0. The Morgan fingerprint density at radius 1 is 0.125 bits per heavy atom. The monoisotopic (exact) mass is 1840 g/mol. The number of hydrogen-bond acceptors (Lipinski definition) is 3. The molecule has 0 radical (unpaired) electrons. The Bertz CT molecular complexity index is 9260. The van der Waals surface area contributed by atoms with Gasteiger partial charge in [-0.3, -0.25) is 0 Å². The first-order chi connectivity index (χ1) is 70.7. The molecule has 24 aromatic carbocycles. The molecule has 0 unspecified atom stereocenters. The average Bonchev–Trinajstić information content (AvgIpc) is 0.694. The lowest BCUT2D eigenvalue weighted by molar-refractivity contribution is 1.22. The van der Waals surface area contributed by atoms with Crippen molar-refractivity contribution in [1.82, 2.24) is 0 Å². The maximum absolute atomic E-state index is 2.44. The molecule has 0 spiro atoms. The normalized spacial score (nSPS) is 11.6. The molecule has 0 saturated carbocycles. The zero-order valence-corrected chi connectivity index (χ0v) is 82.4. The van der Waals surface area contributed by atoms with Crippen LogP contribution in [0.2, 0.25) is 0 Å². The van der Waals surface area contributed by atoms with E-state index in [0.717, 1.165) is 17.1 Å². The molecule has 0 atom stereocenters. The molecule has 144 heavy (non-hydrogen) atoms. The zero-order chi connectivity index (χ0) is 97.1. The number of anilines is 9. The second-order valence-electron chi connectivity index (χ2n) is 39.4. The number of benzene rings is 24. The second-order valence-corrected chi connectivity index (χ2v) is 39.4. The lowest BCUT2D eigenvalue weighted by atomic mass is 9.70. The van der Waals surface area contributed by atoms with Crippen molar-refractivity contribution in [3.05, 3.63) is 523 Å². The van der Waals surface area contributed by atoms with E-state index in [-0.39, 0.29) is 0 Å². The zero-order valence-electron chi connectivity index (χ0n) is 82.4. The minimum absolute atomic E-state index is 1.16. The number of nitrogens with zero attached hydrogens (tertiary/aromatic N) is 3. The Morgan fingerprint density at radius 2 is 0.361 bits per heavy atom. The molecular formula is C141H105N3. The van der Waals surface area contributed by atoms with Crippen molar-refractivity contribution < 1.29 is 0 Å². The minimum atomic E-state index is 1.16. The van der Waals surface area contributed by atoms with Crippen LogP contribution < -0.4 is 14.7 Å². The summed E-state index contributed by atoms with van der Waals surface area (Å²) in [7, 11) is 0. The fraction of sp³-hybridized carbons (Fsp3) is 0.0638. The molecule has 3 heteroatoms. The second kappa shape index (κ2) is 36.2. The van der Waals surface area contributed by atoms with Crippen LogP contribution in [-0.4, -0.2) is 0 Å². The third-order valence-electron chi connectivity index (χ3n) is 30.0. The number of fused-ring (bicyclic) bond motifs is 18. The molecule has 0 aliphatic heterocycles. The smallest absolute Gasteiger partial charge is 0.0493 e. The van der Waals surface area contributed by atoms with E-state index < -0.39 is 0 Å². The van der Waals surface area contributed by atoms with Crippen molar-refractivity contribution in [2.45, 2.75) is 62.3 Å². The van der Waals surface area contributed by atoms with Gasteiger partial charge in [-0.15, -0.1) is 0 Å². The molecule has 0 fully saturated rings. The van der Waals surface area contributed by atoms with Gasteiger partial charge in [-0.05, 0) is 420 Å². The first-order valence-corrected chi connectivity index (χ1v) is 50.3. The van der Waals surface area contributed by atoms with E-state index in [4.69, 9.17) is 0 Å². The molecule has 684 valence electrons. The number of aryl methyl sites for hydroxylation is 9. The summed E-state index contributed by atoms with van der Waals surface area (Å²) >= 11 is 0. The van der Waals surface area contributed by atoms with Crippen molar-refractivity contribution in [3.63, 3.8) is 0 Å². The standard InChI is InChI=1S/3C47H35N/c1-30-22-25-43(32(3)26-30)48(42-21-13-10-14-31(42)2)37-24-23-35-28-40-41(29-36(35)27-37)47-45(34-17-8-5-9-18-34)39-20-12-11-19-38(39)44(46(40)47)33-15-6-4-7-16-33;1-30-24-31(2)26-38(25-30)48(43-21-13-10-14-32(43)3)37-23-22-35-28-41-42(29-36(35)27-37)47-45(34-17-8-5-9-18-34)40-20-12-11-19-39(40)44(46(41)47)33-15-6-4-7-16-33;1-30-22-23-32(3)43(26-30)48(42-21-13-10-14-31(42)2)37-25-24-35-28-40-41(29-36(35)27-37)47-45(34-17-8-5-9-18-34)39-20-12-11-19-38(39)44(46(40)47)33-15-6-4-7-16-33/h3*4-29H,1-3H3. The van der Waals surface area contributed by atoms with Crippen LogP contribution in [0.25, 0.3) is 198 Å². The SMILES string of the molecule is Cc1cc(C)cc(N(c2ccc3cc4c(cc3c2)-c2c-4c(-c3ccccc3)c3ccccc3c2-c2ccccc2)c2ccccc2C)c1.Cc1ccc(C)c(N(c2ccc3cc4c(cc3c2)-c2c-4c(-c3ccccc3)c3ccccc3c2-c2ccccc2)c2ccccc2C)c1.Cc1ccc(N(c2ccc3cc4c(cc3c2)-c2c-4c(-c3ccccc3)c3ccccc3c2-c2ccccc2)c2ccccc2C)c(C)c1. The molecule has 0 amide bonds. The highest BCUT2D eigenvalue weighted by Gasteiger charge is 2.38. The van der Waals surface area contributed by atoms with Crippen LogP contribution in [0.5, 0.6) is 0 Å². The molecule has 0 heterocycles. The molecule has 0 saturated heterocycles. The van der Waals surface area contributed by atoms with Crippen LogP contribution in [0.4, 0.5) is 51.2 Å². The van der Waals surface area contributed by atoms with E-state index in [0.29, 0.717) is 0 Å². The predicted octanol–water partition coefficient (Wildman–Crippen LogP) is 40.1. The fourth-order valence-corrected chi connectivity index (χ4v) is 23.5. The van der Waals surface area contributed by atoms with E-state index in [2.05, 4.69) is 550 Å². The number of hydrogen-bond donors (Lipinski definition) is 0. The molecule has 0 N–H and O–H groups in total. The van der Waals surface area contributed by atoms with E-state index in [9.17, 15) is 0 Å². The number of para-hydroxylation sites is 3. The summed E-state index contributed by atoms with van der Waals surface area (Å²) in [4.78, 5) is 7.27. The molecule has 0 aromatic heterocycles. The van der Waals surface area contributed by atoms with Gasteiger partial charge in [0.1, 0.15) is 0 Å². The maximum Gasteiger partial charge on any atom is 0.0493 e. The van der Waals surface area contributed by atoms with Gasteiger partial charge >= 0.3 is 0 Å². The van der Waals surface area contributed by atoms with Crippen LogP contribution in [0.1, 0.15) is 50.1 Å². The molecule has 27 rings (SSSR count). The Hall–Kier alpha value is -17.8. The summed E-state index contributed by atoms with van der Waals surface area (Å²) in [5.74, 6) is 0. The first kappa shape index (κ1) is 87.7. The van der Waals surface area contributed by atoms with E-state index in [1.165, 1.54) is 282 Å². The van der Waals surface area contributed by atoms with E-state index in [1.807, 2.05) is 0 Å². The molecule has 24 aromatic rings. The topological polar surface area (TPSA) is 9.72 Å². The third-order valence-corrected chi connectivity index (χ3v) is 30.0. The highest BCUT2D eigenvalue weighted by molar-refractivity contribution is 6.30. The Morgan fingerprint density at radius 3 is 0.660 bits per heavy atom. The van der Waals surface area contributed by atoms with Gasteiger partial charge in [-0.2, -0.15) is 0 Å². The average molecular weight is 1840 g/mol. The van der Waals surface area contributed by atoms with Crippen molar-refractivity contribution in [2.24, 2.45) is 0 Å². The van der Waals surface area contributed by atoms with Crippen LogP contribution >= 0.6 is 0 Å². The Kier molecular flexibility index (Phi) is 22.0. The molecule has 0 bridgehead atoms. The summed E-state index contributed by atoms with van der Waals surface area (Å²) in [6.45, 7) is 19.7. The third kappa shape index (κ3) is 15.1. The van der Waals surface area contributed by atoms with Crippen LogP contribution in [0.3, 0.4) is 0 Å². The molecule has 3 aliphatic carbocycles. The van der Waals surface area contributed by atoms with Crippen molar-refractivity contribution >= 4 is 116 Å². The van der Waals surface area contributed by atoms with Gasteiger partial charge in [0.2, 0.25) is 0 Å². The maximum atomic E-state index is 2.44. The molecule has 3 nitrogen and oxygen atoms in total. The number of rotatable bonds is 15. The van der Waals surface area contributed by atoms with Crippen molar-refractivity contribution in [3.8, 4) is 134 Å². The lowest BCUT2D eigenvalue weighted by Crippen LogP contribution is -2.13. The highest BCUT2D eigenvalue weighted by Crippen LogP contribution is 2.65. The fourth-order valence-electron chi connectivity index (χ4n) is 23.5. The van der Waals surface area contributed by atoms with Crippen LogP contribution in [-0.2, 0) is 0 Å². The van der Waals surface area contributed by atoms with Crippen LogP contribution in [0, 0.1) is 62.3 Å². The Balaban J connectivity index is 0.000000113. The molecular weight excluding hydrogens is 1740 g/mol. The highest BCUT2D eigenvalue weighted by atomic mass is 15.2. The summed E-state index contributed by atoms with van der Waals surface area (Å²) in [6.07, 6.45) is 0. The molecule has 3 aliphatic rings. The summed E-state index contributed by atoms with van der Waals surface area (Å²) in [6, 6.07) is 174. The van der Waals surface area contributed by atoms with E-state index in [1.54, 1.807) is 0 Å². The minimum Gasteiger partial charge on any atom is -0.310 e. The van der Waals surface area contributed by atoms with Gasteiger partial charge in [0.15, 0.2) is 0 Å². The first-order valence-electron chi connectivity index (χ1n) is 50.3. The van der Waals surface area contributed by atoms with Gasteiger partial charge in [0.05, 0.1) is 0 Å². The van der Waals surface area contributed by atoms with Gasteiger partial charge in [-0.25, -0.2) is 0 Å². The Labute approximate surface area is 843 Å². The largest absolute Gasteiger partial charge is 0.310 e. The van der Waals surface area contributed by atoms with Gasteiger partial charge in [-0.1, -0.05) is 363 Å². The lowest BCUT2D eigenvalue weighted by Gasteiger charge is -2.33. The summed E-state index contributed by atoms with van der Waals surface area (Å²) in [5.41, 5.74) is 53.5. The van der Waals surface area contributed by atoms with Crippen molar-refractivity contribution in [2.75, 3.05) is 14.7 Å². The van der Waals surface area contributed by atoms with E-state index >= 15 is 0 Å². The van der Waals surface area contributed by atoms with Gasteiger partial charge in [0, 0.05) is 51.2 Å². The van der Waals surface area contributed by atoms with Gasteiger partial charge in [0.25, 0.3) is 0 Å². The summed E-state index contributed by atoms with van der Waals surface area (Å²) in [5, 5.41) is 15.3. The van der Waals surface area contributed by atoms with Crippen LogP contribution in [0.15, 0.2) is 473 Å². The van der Waals surface area contributed by atoms with Gasteiger partial charge < -0.3 is 14.7 Å². The predicted molar refractivity (Wildman–Crippen MR) is 617 cm³/mol. The quantitative estimate of drug-likeness (QED) is 0.101.